The molecule has 1 saturated heterocycles. The van der Waals surface area contributed by atoms with Crippen LogP contribution in [0, 0.1) is 0 Å². The normalized spacial score (nSPS) is 17.5. The summed E-state index contributed by atoms with van der Waals surface area (Å²) in [5.74, 6) is 0.614. The molecule has 5 nitrogen and oxygen atoms in total. The first kappa shape index (κ1) is 16.8. The maximum Gasteiger partial charge on any atom is 0.221 e. The van der Waals surface area contributed by atoms with Crippen molar-refractivity contribution in [1.29, 1.82) is 0 Å². The Morgan fingerprint density at radius 2 is 1.86 bits per heavy atom. The lowest BCUT2D eigenvalue weighted by Gasteiger charge is -2.20. The maximum absolute atomic E-state index is 10.9. The van der Waals surface area contributed by atoms with Crippen LogP contribution in [0.15, 0.2) is 24.3 Å². The third-order valence-corrected chi connectivity index (χ3v) is 3.95. The van der Waals surface area contributed by atoms with Gasteiger partial charge >= 0.3 is 0 Å². The van der Waals surface area contributed by atoms with Gasteiger partial charge in [0.1, 0.15) is 25.0 Å². The first-order chi connectivity index (χ1) is 10.6. The molecule has 5 heteroatoms. The van der Waals surface area contributed by atoms with E-state index in [1.54, 1.807) is 24.3 Å². The molecule has 0 aliphatic carbocycles. The Bertz CT molecular complexity index is 453. The van der Waals surface area contributed by atoms with E-state index in [1.807, 2.05) is 0 Å². The van der Waals surface area contributed by atoms with Crippen molar-refractivity contribution in [3.05, 3.63) is 24.3 Å². The standard InChI is InChI=1S/C17H26N2O3/c1-14(20)18-15-6-8-17(9-7-15)22-13-16(21)12-19-10-4-2-3-5-11-19/h6-9,16,21H,2-5,10-13H2,1H3,(H,18,20)/p+1/t16-/m0/s1. The number of likely N-dealkylation sites (tertiary alicyclic amines) is 1. The predicted octanol–water partition coefficient (Wildman–Crippen LogP) is 0.844. The Morgan fingerprint density at radius 3 is 2.45 bits per heavy atom. The monoisotopic (exact) mass is 307 g/mol. The van der Waals surface area contributed by atoms with E-state index in [4.69, 9.17) is 4.74 Å². The van der Waals surface area contributed by atoms with E-state index < -0.39 is 6.10 Å². The highest BCUT2D eigenvalue weighted by Gasteiger charge is 2.17. The number of carbonyl (C=O) groups excluding carboxylic acids is 1. The molecular weight excluding hydrogens is 280 g/mol. The average molecular weight is 307 g/mol. The Kier molecular flexibility index (Phi) is 6.68. The minimum absolute atomic E-state index is 0.0930. The quantitative estimate of drug-likeness (QED) is 0.730. The van der Waals surface area contributed by atoms with Gasteiger partial charge in [-0.15, -0.1) is 0 Å². The molecule has 22 heavy (non-hydrogen) atoms. The molecule has 0 radical (unpaired) electrons. The number of aliphatic hydroxyl groups excluding tert-OH is 1. The van der Waals surface area contributed by atoms with Gasteiger partial charge in [-0.05, 0) is 49.9 Å². The minimum atomic E-state index is -0.442. The van der Waals surface area contributed by atoms with Crippen molar-refractivity contribution in [2.75, 3.05) is 31.6 Å². The van der Waals surface area contributed by atoms with Gasteiger partial charge < -0.3 is 20.1 Å². The molecule has 1 amide bonds. The second-order valence-corrected chi connectivity index (χ2v) is 6.04. The first-order valence-corrected chi connectivity index (χ1v) is 8.15. The van der Waals surface area contributed by atoms with E-state index in [2.05, 4.69) is 5.32 Å². The highest BCUT2D eigenvalue weighted by molar-refractivity contribution is 5.88. The summed E-state index contributed by atoms with van der Waals surface area (Å²) in [4.78, 5) is 12.4. The molecule has 0 aromatic heterocycles. The van der Waals surface area contributed by atoms with Gasteiger partial charge in [-0.1, -0.05) is 0 Å². The van der Waals surface area contributed by atoms with Gasteiger partial charge in [0.2, 0.25) is 5.91 Å². The Morgan fingerprint density at radius 1 is 1.23 bits per heavy atom. The van der Waals surface area contributed by atoms with E-state index in [0.717, 1.165) is 25.3 Å². The second kappa shape index (κ2) is 8.76. The van der Waals surface area contributed by atoms with Crippen LogP contribution in [0.2, 0.25) is 0 Å². The number of anilines is 1. The van der Waals surface area contributed by atoms with Gasteiger partial charge in [0.15, 0.2) is 0 Å². The molecule has 1 fully saturated rings. The van der Waals surface area contributed by atoms with Crippen LogP contribution in [0.25, 0.3) is 0 Å². The van der Waals surface area contributed by atoms with Crippen molar-refractivity contribution in [2.24, 2.45) is 0 Å². The Hall–Kier alpha value is -1.59. The lowest BCUT2D eigenvalue weighted by molar-refractivity contribution is -0.902. The van der Waals surface area contributed by atoms with Gasteiger partial charge in [-0.2, -0.15) is 0 Å². The van der Waals surface area contributed by atoms with Gasteiger partial charge in [0, 0.05) is 12.6 Å². The molecule has 2 rings (SSSR count). The number of nitrogens with one attached hydrogen (secondary N) is 2. The zero-order chi connectivity index (χ0) is 15.8. The summed E-state index contributed by atoms with van der Waals surface area (Å²) in [5.41, 5.74) is 0.745. The molecule has 0 bridgehead atoms. The fourth-order valence-corrected chi connectivity index (χ4v) is 2.86. The summed E-state index contributed by atoms with van der Waals surface area (Å²) in [7, 11) is 0. The smallest absolute Gasteiger partial charge is 0.221 e. The van der Waals surface area contributed by atoms with Gasteiger partial charge in [0.25, 0.3) is 0 Å². The van der Waals surface area contributed by atoms with Crippen LogP contribution in [0.3, 0.4) is 0 Å². The molecule has 1 heterocycles. The highest BCUT2D eigenvalue weighted by atomic mass is 16.5. The number of hydrogen-bond donors (Lipinski definition) is 3. The van der Waals surface area contributed by atoms with E-state index in [0.29, 0.717) is 12.4 Å². The summed E-state index contributed by atoms with van der Waals surface area (Å²) in [6.45, 7) is 4.85. The molecule has 0 unspecified atom stereocenters. The van der Waals surface area contributed by atoms with Crippen molar-refractivity contribution < 1.29 is 19.5 Å². The van der Waals surface area contributed by atoms with Crippen LogP contribution in [-0.4, -0.2) is 43.4 Å². The Labute approximate surface area is 132 Å². The summed E-state index contributed by atoms with van der Waals surface area (Å²) < 4.78 is 5.62. The number of amides is 1. The van der Waals surface area contributed by atoms with Crippen molar-refractivity contribution in [3.8, 4) is 5.75 Å². The molecule has 122 valence electrons. The third-order valence-electron chi connectivity index (χ3n) is 3.95. The number of rotatable bonds is 6. The minimum Gasteiger partial charge on any atom is -0.491 e. The number of benzene rings is 1. The van der Waals surface area contributed by atoms with Crippen molar-refractivity contribution >= 4 is 11.6 Å². The lowest BCUT2D eigenvalue weighted by atomic mass is 10.2. The molecule has 1 aliphatic heterocycles. The largest absolute Gasteiger partial charge is 0.491 e. The third kappa shape index (κ3) is 6.03. The SMILES string of the molecule is CC(=O)Nc1ccc(OC[C@@H](O)C[NH+]2CCCCCC2)cc1. The zero-order valence-corrected chi connectivity index (χ0v) is 13.3. The van der Waals surface area contributed by atoms with Crippen LogP contribution in [0.5, 0.6) is 5.75 Å². The molecule has 1 aliphatic rings. The molecule has 1 atom stereocenters. The number of ether oxygens (including phenoxy) is 1. The van der Waals surface area contributed by atoms with E-state index in [9.17, 15) is 9.90 Å². The van der Waals surface area contributed by atoms with Crippen LogP contribution in [0.1, 0.15) is 32.6 Å². The zero-order valence-electron chi connectivity index (χ0n) is 13.3. The maximum atomic E-state index is 10.9. The van der Waals surface area contributed by atoms with Gasteiger partial charge in [0.05, 0.1) is 13.1 Å². The van der Waals surface area contributed by atoms with Gasteiger partial charge in [-0.25, -0.2) is 0 Å². The Balaban J connectivity index is 1.73. The highest BCUT2D eigenvalue weighted by Crippen LogP contribution is 2.15. The molecule has 0 saturated carbocycles. The fourth-order valence-electron chi connectivity index (χ4n) is 2.86. The number of quaternary nitrogens is 1. The van der Waals surface area contributed by atoms with Crippen molar-refractivity contribution in [2.45, 2.75) is 38.7 Å². The van der Waals surface area contributed by atoms with Crippen LogP contribution >= 0.6 is 0 Å². The number of aliphatic hydroxyl groups is 1. The van der Waals surface area contributed by atoms with Crippen molar-refractivity contribution in [1.82, 2.24) is 0 Å². The summed E-state index contributed by atoms with van der Waals surface area (Å²) in [5, 5.41) is 12.8. The fraction of sp³-hybridized carbons (Fsp3) is 0.588. The molecule has 3 N–H and O–H groups in total. The van der Waals surface area contributed by atoms with E-state index >= 15 is 0 Å². The molecule has 1 aromatic carbocycles. The topological polar surface area (TPSA) is 63.0 Å². The van der Waals surface area contributed by atoms with Crippen LogP contribution < -0.4 is 15.0 Å². The summed E-state index contributed by atoms with van der Waals surface area (Å²) >= 11 is 0. The van der Waals surface area contributed by atoms with Crippen LogP contribution in [-0.2, 0) is 4.79 Å². The number of carbonyl (C=O) groups is 1. The predicted molar refractivity (Wildman–Crippen MR) is 86.3 cm³/mol. The van der Waals surface area contributed by atoms with Gasteiger partial charge in [-0.3, -0.25) is 4.79 Å². The summed E-state index contributed by atoms with van der Waals surface area (Å²) in [6.07, 6.45) is 4.71. The lowest BCUT2D eigenvalue weighted by Crippen LogP contribution is -3.13. The molecule has 1 aromatic rings. The molecule has 0 spiro atoms. The second-order valence-electron chi connectivity index (χ2n) is 6.04. The first-order valence-electron chi connectivity index (χ1n) is 8.15. The van der Waals surface area contributed by atoms with Crippen LogP contribution in [0.4, 0.5) is 5.69 Å². The van der Waals surface area contributed by atoms with E-state index in [-0.39, 0.29) is 5.91 Å². The summed E-state index contributed by atoms with van der Waals surface area (Å²) in [6, 6.07) is 7.19. The number of hydrogen-bond acceptors (Lipinski definition) is 3. The average Bonchev–Trinajstić information content (AvgIpc) is 2.74. The van der Waals surface area contributed by atoms with Crippen molar-refractivity contribution in [3.63, 3.8) is 0 Å². The molecular formula is C17H27N2O3+. The van der Waals surface area contributed by atoms with E-state index in [1.165, 1.54) is 37.5 Å².